The van der Waals surface area contributed by atoms with Crippen LogP contribution in [0.5, 0.6) is 0 Å². The molecule has 2 aliphatic carbocycles. The molecule has 2 rings (SSSR count). The Morgan fingerprint density at radius 3 is 1.82 bits per heavy atom. The van der Waals surface area contributed by atoms with Gasteiger partial charge in [0.1, 0.15) is 0 Å². The third-order valence-electron chi connectivity index (χ3n) is 5.32. The van der Waals surface area contributed by atoms with Crippen molar-refractivity contribution in [3.8, 4) is 0 Å². The van der Waals surface area contributed by atoms with Crippen LogP contribution in [0.3, 0.4) is 0 Å². The fraction of sp³-hybridized carbons (Fsp3) is 0.842. The van der Waals surface area contributed by atoms with E-state index < -0.39 is 0 Å². The van der Waals surface area contributed by atoms with Crippen LogP contribution in [-0.4, -0.2) is 26.3 Å². The molecule has 0 amide bonds. The summed E-state index contributed by atoms with van der Waals surface area (Å²) >= 11 is 0. The van der Waals surface area contributed by atoms with Crippen molar-refractivity contribution >= 4 is 5.97 Å². The van der Waals surface area contributed by atoms with Crippen LogP contribution < -0.4 is 0 Å². The van der Waals surface area contributed by atoms with E-state index in [-0.39, 0.29) is 5.97 Å². The summed E-state index contributed by atoms with van der Waals surface area (Å²) in [5.74, 6) is 0.984. The molecule has 0 aromatic carbocycles. The third kappa shape index (κ3) is 4.58. The lowest BCUT2D eigenvalue weighted by Gasteiger charge is -2.34. The second-order valence-corrected chi connectivity index (χ2v) is 6.73. The van der Waals surface area contributed by atoms with Gasteiger partial charge in [-0.15, -0.1) is 0 Å². The Morgan fingerprint density at radius 1 is 0.909 bits per heavy atom. The van der Waals surface area contributed by atoms with E-state index in [0.717, 1.165) is 5.57 Å². The van der Waals surface area contributed by atoms with Gasteiger partial charge >= 0.3 is 5.97 Å². The lowest BCUT2D eigenvalue weighted by molar-refractivity contribution is -0.137. The monoisotopic (exact) mass is 308 g/mol. The largest absolute Gasteiger partial charge is 0.466 e. The smallest absolute Gasteiger partial charge is 0.336 e. The van der Waals surface area contributed by atoms with Gasteiger partial charge in [-0.25, -0.2) is 4.79 Å². The molecular weight excluding hydrogens is 276 g/mol. The second kappa shape index (κ2) is 9.34. The van der Waals surface area contributed by atoms with Gasteiger partial charge in [-0.05, 0) is 44.4 Å². The maximum absolute atomic E-state index is 12.4. The first-order valence-corrected chi connectivity index (χ1v) is 9.16. The zero-order valence-corrected chi connectivity index (χ0v) is 14.4. The Kier molecular flexibility index (Phi) is 7.44. The number of rotatable bonds is 6. The summed E-state index contributed by atoms with van der Waals surface area (Å²) < 4.78 is 10.7. The maximum Gasteiger partial charge on any atom is 0.336 e. The van der Waals surface area contributed by atoms with Gasteiger partial charge in [-0.2, -0.15) is 0 Å². The number of hydrogen-bond acceptors (Lipinski definition) is 3. The summed E-state index contributed by atoms with van der Waals surface area (Å²) in [6.07, 6.45) is 12.8. The number of ether oxygens (including phenoxy) is 2. The molecule has 0 heterocycles. The van der Waals surface area contributed by atoms with E-state index >= 15 is 0 Å². The van der Waals surface area contributed by atoms with Crippen LogP contribution in [0.4, 0.5) is 0 Å². The highest BCUT2D eigenvalue weighted by Gasteiger charge is 2.31. The standard InChI is InChI=1S/C19H32O3/c1-3-22-14-17(19(20)21-2)18(15-10-6-4-7-11-15)16-12-8-5-9-13-16/h15-16H,3-14H2,1-2H3. The highest BCUT2D eigenvalue weighted by Crippen LogP contribution is 2.41. The van der Waals surface area contributed by atoms with E-state index in [4.69, 9.17) is 9.47 Å². The Hall–Kier alpha value is -0.830. The van der Waals surface area contributed by atoms with Gasteiger partial charge < -0.3 is 9.47 Å². The zero-order valence-electron chi connectivity index (χ0n) is 14.4. The minimum absolute atomic E-state index is 0.167. The summed E-state index contributed by atoms with van der Waals surface area (Å²) in [5.41, 5.74) is 2.24. The summed E-state index contributed by atoms with van der Waals surface area (Å²) in [4.78, 5) is 12.4. The van der Waals surface area contributed by atoms with E-state index in [2.05, 4.69) is 0 Å². The first-order chi connectivity index (χ1) is 10.8. The van der Waals surface area contributed by atoms with Crippen molar-refractivity contribution in [1.82, 2.24) is 0 Å². The van der Waals surface area contributed by atoms with Gasteiger partial charge in [-0.3, -0.25) is 0 Å². The van der Waals surface area contributed by atoms with Crippen LogP contribution in [-0.2, 0) is 14.3 Å². The number of carbonyl (C=O) groups excluding carboxylic acids is 1. The predicted octanol–water partition coefficient (Wildman–Crippen LogP) is 4.65. The van der Waals surface area contributed by atoms with Crippen LogP contribution in [0.25, 0.3) is 0 Å². The molecule has 0 unspecified atom stereocenters. The molecule has 0 aromatic rings. The lowest BCUT2D eigenvalue weighted by atomic mass is 9.72. The highest BCUT2D eigenvalue weighted by atomic mass is 16.5. The molecule has 0 atom stereocenters. The minimum atomic E-state index is -0.167. The molecule has 2 aliphatic rings. The summed E-state index contributed by atoms with van der Waals surface area (Å²) in [6, 6.07) is 0. The van der Waals surface area contributed by atoms with Crippen LogP contribution in [0.2, 0.25) is 0 Å². The highest BCUT2D eigenvalue weighted by molar-refractivity contribution is 5.89. The molecule has 0 spiro atoms. The first-order valence-electron chi connectivity index (χ1n) is 9.16. The molecule has 0 bridgehead atoms. The van der Waals surface area contributed by atoms with Crippen LogP contribution in [0.1, 0.15) is 71.1 Å². The van der Waals surface area contributed by atoms with Crippen molar-refractivity contribution in [2.24, 2.45) is 11.8 Å². The molecule has 2 fully saturated rings. The van der Waals surface area contributed by atoms with E-state index in [1.807, 2.05) is 6.92 Å². The number of carbonyl (C=O) groups is 1. The molecule has 0 radical (unpaired) electrons. The van der Waals surface area contributed by atoms with Crippen molar-refractivity contribution in [3.63, 3.8) is 0 Å². The Bertz CT molecular complexity index is 354. The van der Waals surface area contributed by atoms with Gasteiger partial charge in [0.15, 0.2) is 0 Å². The number of esters is 1. The van der Waals surface area contributed by atoms with Crippen LogP contribution in [0, 0.1) is 11.8 Å². The van der Waals surface area contributed by atoms with E-state index in [0.29, 0.717) is 25.0 Å². The van der Waals surface area contributed by atoms with E-state index in [9.17, 15) is 4.79 Å². The molecule has 0 saturated heterocycles. The molecule has 126 valence electrons. The second-order valence-electron chi connectivity index (χ2n) is 6.73. The average molecular weight is 308 g/mol. The molecule has 2 saturated carbocycles. The summed E-state index contributed by atoms with van der Waals surface area (Å²) in [5, 5.41) is 0. The van der Waals surface area contributed by atoms with Crippen molar-refractivity contribution in [1.29, 1.82) is 0 Å². The van der Waals surface area contributed by atoms with Crippen LogP contribution >= 0.6 is 0 Å². The molecule has 3 nitrogen and oxygen atoms in total. The summed E-state index contributed by atoms with van der Waals surface area (Å²) in [7, 11) is 1.49. The van der Waals surface area contributed by atoms with Crippen molar-refractivity contribution in [2.75, 3.05) is 20.3 Å². The zero-order chi connectivity index (χ0) is 15.8. The average Bonchev–Trinajstić information content (AvgIpc) is 2.59. The van der Waals surface area contributed by atoms with Crippen molar-refractivity contribution in [3.05, 3.63) is 11.1 Å². The topological polar surface area (TPSA) is 35.5 Å². The van der Waals surface area contributed by atoms with Gasteiger partial charge in [0.2, 0.25) is 0 Å². The Morgan fingerprint density at radius 2 is 1.41 bits per heavy atom. The fourth-order valence-electron chi connectivity index (χ4n) is 4.24. The maximum atomic E-state index is 12.4. The van der Waals surface area contributed by atoms with Gasteiger partial charge in [0.05, 0.1) is 19.3 Å². The molecular formula is C19H32O3. The van der Waals surface area contributed by atoms with Crippen LogP contribution in [0.15, 0.2) is 11.1 Å². The molecule has 22 heavy (non-hydrogen) atoms. The number of hydrogen-bond donors (Lipinski definition) is 0. The van der Waals surface area contributed by atoms with E-state index in [1.54, 1.807) is 0 Å². The first kappa shape index (κ1) is 17.5. The van der Waals surface area contributed by atoms with E-state index in [1.165, 1.54) is 76.9 Å². The SMILES string of the molecule is CCOCC(C(=O)OC)=C(C1CCCCC1)C1CCCCC1. The van der Waals surface area contributed by atoms with Crippen molar-refractivity contribution in [2.45, 2.75) is 71.1 Å². The quantitative estimate of drug-likeness (QED) is 0.529. The normalized spacial score (nSPS) is 20.6. The number of methoxy groups -OCH3 is 1. The third-order valence-corrected chi connectivity index (χ3v) is 5.32. The van der Waals surface area contributed by atoms with Gasteiger partial charge in [0.25, 0.3) is 0 Å². The predicted molar refractivity (Wildman–Crippen MR) is 88.7 cm³/mol. The fourth-order valence-corrected chi connectivity index (χ4v) is 4.24. The molecule has 0 aromatic heterocycles. The van der Waals surface area contributed by atoms with Crippen molar-refractivity contribution < 1.29 is 14.3 Å². The number of allylic oxidation sites excluding steroid dienone is 1. The minimum Gasteiger partial charge on any atom is -0.466 e. The summed E-state index contributed by atoms with van der Waals surface area (Å²) in [6.45, 7) is 3.05. The lowest BCUT2D eigenvalue weighted by Crippen LogP contribution is -2.25. The Labute approximate surface area is 135 Å². The molecule has 0 N–H and O–H groups in total. The van der Waals surface area contributed by atoms with Gasteiger partial charge in [0, 0.05) is 6.61 Å². The Balaban J connectivity index is 2.31. The molecule has 0 aliphatic heterocycles. The van der Waals surface area contributed by atoms with Gasteiger partial charge in [-0.1, -0.05) is 44.1 Å². The molecule has 3 heteroatoms.